The van der Waals surface area contributed by atoms with Gasteiger partial charge in [0, 0.05) is 6.04 Å². The second-order valence-electron chi connectivity index (χ2n) is 7.84. The highest BCUT2D eigenvalue weighted by Crippen LogP contribution is 2.40. The molecule has 0 aromatic carbocycles. The van der Waals surface area contributed by atoms with Gasteiger partial charge in [0.15, 0.2) is 0 Å². The lowest BCUT2D eigenvalue weighted by Gasteiger charge is -2.35. The summed E-state index contributed by atoms with van der Waals surface area (Å²) in [5.41, 5.74) is 0. The van der Waals surface area contributed by atoms with Crippen molar-refractivity contribution in [3.05, 3.63) is 0 Å². The second-order valence-corrected chi connectivity index (χ2v) is 7.84. The highest BCUT2D eigenvalue weighted by Gasteiger charge is 2.49. The fourth-order valence-corrected chi connectivity index (χ4v) is 4.62. The van der Waals surface area contributed by atoms with E-state index in [2.05, 4.69) is 5.32 Å². The van der Waals surface area contributed by atoms with Crippen molar-refractivity contribution in [1.29, 1.82) is 0 Å². The molecular formula is C21H36N2O5. The van der Waals surface area contributed by atoms with Gasteiger partial charge in [-0.05, 0) is 52.4 Å². The van der Waals surface area contributed by atoms with Crippen LogP contribution in [0.2, 0.25) is 0 Å². The summed E-state index contributed by atoms with van der Waals surface area (Å²) in [5, 5.41) is 3.15. The Labute approximate surface area is 168 Å². The van der Waals surface area contributed by atoms with Gasteiger partial charge in [-0.2, -0.15) is 0 Å². The van der Waals surface area contributed by atoms with E-state index in [0.717, 1.165) is 32.1 Å². The average Bonchev–Trinajstić information content (AvgIpc) is 3.07. The van der Waals surface area contributed by atoms with Crippen molar-refractivity contribution in [2.45, 2.75) is 96.8 Å². The standard InChI is InChI=1S/C21H36N2O5/c1-5-10-16(20(25)27-6-2)22-14(4)19(24)23-17-12-9-8-11-15(17)13-18(23)21(26)28-7-3/h14-18,22H,5-13H2,1-4H3/t14-,15-,16-,17-,18-/m0/s1. The normalized spacial score (nSPS) is 26.3. The van der Waals surface area contributed by atoms with Crippen LogP contribution < -0.4 is 5.32 Å². The maximum absolute atomic E-state index is 13.3. The van der Waals surface area contributed by atoms with Gasteiger partial charge in [0.2, 0.25) is 5.91 Å². The van der Waals surface area contributed by atoms with E-state index in [1.54, 1.807) is 25.7 Å². The number of hydrogen-bond acceptors (Lipinski definition) is 6. The van der Waals surface area contributed by atoms with Gasteiger partial charge in [-0.25, -0.2) is 4.79 Å². The number of likely N-dealkylation sites (tertiary alicyclic amines) is 1. The number of esters is 2. The third-order valence-corrected chi connectivity index (χ3v) is 5.87. The number of nitrogens with one attached hydrogen (secondary N) is 1. The Balaban J connectivity index is 2.14. The minimum Gasteiger partial charge on any atom is -0.465 e. The number of carbonyl (C=O) groups is 3. The lowest BCUT2D eigenvalue weighted by atomic mass is 9.84. The maximum Gasteiger partial charge on any atom is 0.328 e. The van der Waals surface area contributed by atoms with Crippen molar-refractivity contribution in [3.8, 4) is 0 Å². The summed E-state index contributed by atoms with van der Waals surface area (Å²) in [4.78, 5) is 39.8. The quantitative estimate of drug-likeness (QED) is 0.603. The molecule has 0 bridgehead atoms. The van der Waals surface area contributed by atoms with Crippen LogP contribution in [0.3, 0.4) is 0 Å². The van der Waals surface area contributed by atoms with Crippen molar-refractivity contribution in [1.82, 2.24) is 10.2 Å². The Morgan fingerprint density at radius 2 is 1.75 bits per heavy atom. The van der Waals surface area contributed by atoms with Gasteiger partial charge < -0.3 is 14.4 Å². The van der Waals surface area contributed by atoms with Crippen LogP contribution in [-0.4, -0.2) is 60.1 Å². The summed E-state index contributed by atoms with van der Waals surface area (Å²) in [6.07, 6.45) is 6.28. The van der Waals surface area contributed by atoms with Crippen LogP contribution in [0.15, 0.2) is 0 Å². The number of fused-ring (bicyclic) bond motifs is 1. The largest absolute Gasteiger partial charge is 0.465 e. The van der Waals surface area contributed by atoms with Crippen LogP contribution in [0.1, 0.15) is 72.6 Å². The lowest BCUT2D eigenvalue weighted by molar-refractivity contribution is -0.155. The first-order valence-corrected chi connectivity index (χ1v) is 10.9. The first-order valence-electron chi connectivity index (χ1n) is 10.9. The molecule has 1 aliphatic carbocycles. The third kappa shape index (κ3) is 5.25. The van der Waals surface area contributed by atoms with Crippen LogP contribution in [0.4, 0.5) is 0 Å². The number of amides is 1. The second kappa shape index (κ2) is 10.8. The molecule has 2 aliphatic rings. The SMILES string of the molecule is CCC[C@H](N[C@@H](C)C(=O)N1[C@H](C(=O)OCC)C[C@@H]2CCCC[C@@H]21)C(=O)OCC. The molecule has 0 aromatic rings. The molecule has 2 fully saturated rings. The van der Waals surface area contributed by atoms with Crippen molar-refractivity contribution < 1.29 is 23.9 Å². The Bertz CT molecular complexity index is 553. The van der Waals surface area contributed by atoms with Gasteiger partial charge in [-0.1, -0.05) is 26.2 Å². The summed E-state index contributed by atoms with van der Waals surface area (Å²) >= 11 is 0. The predicted molar refractivity (Wildman–Crippen MR) is 106 cm³/mol. The van der Waals surface area contributed by atoms with Crippen LogP contribution in [0, 0.1) is 5.92 Å². The Hall–Kier alpha value is -1.63. The van der Waals surface area contributed by atoms with Crippen molar-refractivity contribution in [3.63, 3.8) is 0 Å². The highest BCUT2D eigenvalue weighted by molar-refractivity contribution is 5.89. The number of hydrogen-bond donors (Lipinski definition) is 1. The lowest BCUT2D eigenvalue weighted by Crippen LogP contribution is -2.55. The maximum atomic E-state index is 13.3. The van der Waals surface area contributed by atoms with Gasteiger partial charge in [0.05, 0.1) is 19.3 Å². The molecule has 0 unspecified atom stereocenters. The molecule has 1 amide bonds. The van der Waals surface area contributed by atoms with Crippen LogP contribution in [-0.2, 0) is 23.9 Å². The molecular weight excluding hydrogens is 360 g/mol. The van der Waals surface area contributed by atoms with E-state index in [-0.39, 0.29) is 23.9 Å². The van der Waals surface area contributed by atoms with Crippen LogP contribution >= 0.6 is 0 Å². The highest BCUT2D eigenvalue weighted by atomic mass is 16.5. The van der Waals surface area contributed by atoms with Crippen molar-refractivity contribution in [2.75, 3.05) is 13.2 Å². The molecule has 7 heteroatoms. The van der Waals surface area contributed by atoms with E-state index in [1.807, 2.05) is 6.92 Å². The molecule has 160 valence electrons. The van der Waals surface area contributed by atoms with E-state index in [9.17, 15) is 14.4 Å². The molecule has 7 nitrogen and oxygen atoms in total. The van der Waals surface area contributed by atoms with E-state index >= 15 is 0 Å². The molecule has 1 N–H and O–H groups in total. The smallest absolute Gasteiger partial charge is 0.328 e. The Kier molecular flexibility index (Phi) is 8.73. The van der Waals surface area contributed by atoms with Gasteiger partial charge in [-0.3, -0.25) is 14.9 Å². The fourth-order valence-electron chi connectivity index (χ4n) is 4.62. The molecule has 1 saturated heterocycles. The summed E-state index contributed by atoms with van der Waals surface area (Å²) in [5.74, 6) is -0.412. The number of nitrogens with zero attached hydrogens (tertiary/aromatic N) is 1. The van der Waals surface area contributed by atoms with Gasteiger partial charge in [-0.15, -0.1) is 0 Å². The van der Waals surface area contributed by atoms with E-state index in [4.69, 9.17) is 9.47 Å². The summed E-state index contributed by atoms with van der Waals surface area (Å²) in [7, 11) is 0. The van der Waals surface area contributed by atoms with E-state index < -0.39 is 18.1 Å². The number of carbonyl (C=O) groups excluding carboxylic acids is 3. The first kappa shape index (κ1) is 22.7. The first-order chi connectivity index (χ1) is 13.4. The summed E-state index contributed by atoms with van der Waals surface area (Å²) < 4.78 is 10.4. The number of ether oxygens (including phenoxy) is 2. The zero-order valence-corrected chi connectivity index (χ0v) is 17.7. The molecule has 1 saturated carbocycles. The minimum atomic E-state index is -0.571. The molecule has 1 heterocycles. The third-order valence-electron chi connectivity index (χ3n) is 5.87. The monoisotopic (exact) mass is 396 g/mol. The molecule has 0 spiro atoms. The topological polar surface area (TPSA) is 84.9 Å². The van der Waals surface area contributed by atoms with E-state index in [1.165, 1.54) is 0 Å². The van der Waals surface area contributed by atoms with Crippen molar-refractivity contribution >= 4 is 17.8 Å². The molecule has 1 aliphatic heterocycles. The molecule has 2 rings (SSSR count). The number of rotatable bonds is 9. The molecule has 5 atom stereocenters. The minimum absolute atomic E-state index is 0.0899. The van der Waals surface area contributed by atoms with Crippen molar-refractivity contribution in [2.24, 2.45) is 5.92 Å². The fraction of sp³-hybridized carbons (Fsp3) is 0.857. The van der Waals surface area contributed by atoms with Gasteiger partial charge in [0.25, 0.3) is 0 Å². The van der Waals surface area contributed by atoms with Crippen LogP contribution in [0.5, 0.6) is 0 Å². The Morgan fingerprint density at radius 1 is 1.07 bits per heavy atom. The van der Waals surface area contributed by atoms with Crippen LogP contribution in [0.25, 0.3) is 0 Å². The average molecular weight is 397 g/mol. The van der Waals surface area contributed by atoms with E-state index in [0.29, 0.717) is 32.0 Å². The predicted octanol–water partition coefficient (Wildman–Crippen LogP) is 2.42. The molecule has 0 radical (unpaired) electrons. The molecule has 0 aromatic heterocycles. The summed E-state index contributed by atoms with van der Waals surface area (Å²) in [6.45, 7) is 7.93. The Morgan fingerprint density at radius 3 is 2.39 bits per heavy atom. The molecule has 28 heavy (non-hydrogen) atoms. The summed E-state index contributed by atoms with van der Waals surface area (Å²) in [6, 6.07) is -1.52. The van der Waals surface area contributed by atoms with Gasteiger partial charge in [0.1, 0.15) is 12.1 Å². The van der Waals surface area contributed by atoms with Gasteiger partial charge >= 0.3 is 11.9 Å². The zero-order chi connectivity index (χ0) is 20.7. The zero-order valence-electron chi connectivity index (χ0n) is 17.7.